The summed E-state index contributed by atoms with van der Waals surface area (Å²) in [7, 11) is -2.18. The van der Waals surface area contributed by atoms with Gasteiger partial charge in [-0.15, -0.1) is 0 Å². The van der Waals surface area contributed by atoms with Crippen molar-refractivity contribution in [3.05, 3.63) is 18.7 Å². The number of rotatable bonds is 4. The maximum Gasteiger partial charge on any atom is 0.494 e. The highest BCUT2D eigenvalue weighted by Crippen LogP contribution is 2.13. The van der Waals surface area contributed by atoms with E-state index in [4.69, 9.17) is 8.42 Å². The molecule has 1 atom stereocenters. The van der Waals surface area contributed by atoms with Crippen molar-refractivity contribution in [3.63, 3.8) is 0 Å². The molecular formula is C11H20F3N2O2S+. The van der Waals surface area contributed by atoms with Crippen molar-refractivity contribution in [2.75, 3.05) is 0 Å². The molecule has 1 aromatic rings. The lowest BCUT2D eigenvalue weighted by molar-refractivity contribution is -0.719. The molecule has 0 aromatic carbocycles. The van der Waals surface area contributed by atoms with Crippen LogP contribution < -0.4 is 4.57 Å². The van der Waals surface area contributed by atoms with Gasteiger partial charge in [0.2, 0.25) is 17.0 Å². The van der Waals surface area contributed by atoms with Gasteiger partial charge in [0.15, 0.2) is 0 Å². The Bertz CT molecular complexity index is 433. The molecule has 112 valence electrons. The van der Waals surface area contributed by atoms with E-state index in [0.29, 0.717) is 6.04 Å². The number of imidazole rings is 1. The molecule has 8 heteroatoms. The minimum Gasteiger partial charge on any atom is -0.240 e. The van der Waals surface area contributed by atoms with Crippen LogP contribution in [0.5, 0.6) is 0 Å². The largest absolute Gasteiger partial charge is 0.494 e. The number of alkyl halides is 3. The zero-order valence-electron chi connectivity index (χ0n) is 11.2. The van der Waals surface area contributed by atoms with Crippen LogP contribution in [0.1, 0.15) is 39.2 Å². The molecule has 0 aliphatic carbocycles. The van der Waals surface area contributed by atoms with E-state index in [2.05, 4.69) is 48.8 Å². The Morgan fingerprint density at radius 3 is 2.21 bits per heavy atom. The molecule has 1 heterocycles. The number of aromatic nitrogens is 2. The summed E-state index contributed by atoms with van der Waals surface area (Å²) in [5, 5.41) is 0. The highest BCUT2D eigenvalue weighted by atomic mass is 32.2. The van der Waals surface area contributed by atoms with E-state index in [9.17, 15) is 13.2 Å². The number of hydrogen-bond donors (Lipinski definition) is 1. The van der Waals surface area contributed by atoms with Crippen LogP contribution in [-0.4, -0.2) is 18.5 Å². The van der Waals surface area contributed by atoms with Crippen LogP contribution in [0.2, 0.25) is 0 Å². The van der Waals surface area contributed by atoms with Gasteiger partial charge in [-0.2, -0.15) is 13.2 Å². The smallest absolute Gasteiger partial charge is 0.240 e. The number of thiol groups is 1. The fourth-order valence-corrected chi connectivity index (χ4v) is 1.38. The molecule has 0 fully saturated rings. The molecule has 0 radical (unpaired) electrons. The summed E-state index contributed by atoms with van der Waals surface area (Å²) >= 11 is 0. The van der Waals surface area contributed by atoms with E-state index < -0.39 is 16.2 Å². The van der Waals surface area contributed by atoms with Crippen molar-refractivity contribution in [1.29, 1.82) is 0 Å². The molecule has 0 N–H and O–H groups in total. The van der Waals surface area contributed by atoms with Gasteiger partial charge in [0, 0.05) is 0 Å². The fraction of sp³-hybridized carbons (Fsp3) is 0.727. The standard InChI is InChI=1S/C10H19N2.CHF3O2S/c1-4-5-6-10(2)12-8-7-11(3)9-12;2-1(3,4)7(5)6/h7-10H,4-6H2,1-3H3;7H/q+1;. The molecule has 19 heavy (non-hydrogen) atoms. The second-order valence-corrected chi connectivity index (χ2v) is 5.26. The molecule has 0 amide bonds. The summed E-state index contributed by atoms with van der Waals surface area (Å²) in [5.74, 6) is 0. The quantitative estimate of drug-likeness (QED) is 0.684. The summed E-state index contributed by atoms with van der Waals surface area (Å²) in [5.41, 5.74) is -5.05. The second-order valence-electron chi connectivity index (χ2n) is 4.24. The van der Waals surface area contributed by atoms with Crippen molar-refractivity contribution in [2.24, 2.45) is 7.05 Å². The third-order valence-corrected chi connectivity index (χ3v) is 2.89. The number of hydrogen-bond acceptors (Lipinski definition) is 2. The van der Waals surface area contributed by atoms with Gasteiger partial charge in [0.1, 0.15) is 12.4 Å². The zero-order valence-corrected chi connectivity index (χ0v) is 12.1. The number of unbranched alkanes of at least 4 members (excludes halogenated alkanes) is 1. The summed E-state index contributed by atoms with van der Waals surface area (Å²) in [6.45, 7) is 4.51. The van der Waals surface area contributed by atoms with Gasteiger partial charge in [-0.25, -0.2) is 17.6 Å². The van der Waals surface area contributed by atoms with Gasteiger partial charge in [-0.3, -0.25) is 0 Å². The monoisotopic (exact) mass is 301 g/mol. The second kappa shape index (κ2) is 8.19. The van der Waals surface area contributed by atoms with Crippen molar-refractivity contribution in [2.45, 2.75) is 44.7 Å². The lowest BCUT2D eigenvalue weighted by Crippen LogP contribution is -2.35. The van der Waals surface area contributed by atoms with Crippen molar-refractivity contribution < 1.29 is 26.2 Å². The van der Waals surface area contributed by atoms with Crippen LogP contribution in [0, 0.1) is 0 Å². The zero-order chi connectivity index (χ0) is 15.1. The maximum atomic E-state index is 10.6. The van der Waals surface area contributed by atoms with Gasteiger partial charge in [-0.05, 0) is 19.8 Å². The van der Waals surface area contributed by atoms with Crippen molar-refractivity contribution in [1.82, 2.24) is 4.57 Å². The lowest BCUT2D eigenvalue weighted by atomic mass is 10.1. The Morgan fingerprint density at radius 1 is 1.37 bits per heavy atom. The van der Waals surface area contributed by atoms with E-state index in [1.54, 1.807) is 0 Å². The molecule has 0 spiro atoms. The van der Waals surface area contributed by atoms with E-state index in [-0.39, 0.29) is 0 Å². The Kier molecular flexibility index (Phi) is 7.73. The predicted octanol–water partition coefficient (Wildman–Crippen LogP) is 2.18. The first-order valence-electron chi connectivity index (χ1n) is 5.92. The molecule has 0 saturated carbocycles. The van der Waals surface area contributed by atoms with Crippen LogP contribution >= 0.6 is 0 Å². The Hall–Kier alpha value is -1.05. The molecule has 0 saturated heterocycles. The summed E-state index contributed by atoms with van der Waals surface area (Å²) < 4.78 is 54.0. The molecular weight excluding hydrogens is 281 g/mol. The first kappa shape index (κ1) is 17.9. The Morgan fingerprint density at radius 2 is 1.89 bits per heavy atom. The normalized spacial score (nSPS) is 13.0. The van der Waals surface area contributed by atoms with E-state index in [1.807, 2.05) is 0 Å². The van der Waals surface area contributed by atoms with Crippen LogP contribution in [-0.2, 0) is 17.8 Å². The van der Waals surface area contributed by atoms with Crippen LogP contribution in [0.15, 0.2) is 18.7 Å². The van der Waals surface area contributed by atoms with E-state index in [1.165, 1.54) is 19.3 Å². The molecule has 1 rings (SSSR count). The molecule has 1 unspecified atom stereocenters. The predicted molar refractivity (Wildman–Crippen MR) is 66.2 cm³/mol. The van der Waals surface area contributed by atoms with E-state index in [0.717, 1.165) is 0 Å². The third-order valence-electron chi connectivity index (χ3n) is 2.48. The van der Waals surface area contributed by atoms with Gasteiger partial charge in [-0.1, -0.05) is 13.3 Å². The topological polar surface area (TPSA) is 43.0 Å². The van der Waals surface area contributed by atoms with Gasteiger partial charge in [0.25, 0.3) is 0 Å². The Labute approximate surface area is 112 Å². The molecule has 1 aromatic heterocycles. The molecule has 4 nitrogen and oxygen atoms in total. The minimum absolute atomic E-state index is 0.645. The SMILES string of the molecule is CCCCC(C)[n+]1ccn(C)c1.O=[SH](=O)C(F)(F)F. The highest BCUT2D eigenvalue weighted by Gasteiger charge is 2.31. The first-order valence-corrected chi connectivity index (χ1v) is 7.10. The summed E-state index contributed by atoms with van der Waals surface area (Å²) in [6, 6.07) is 0.645. The van der Waals surface area contributed by atoms with Crippen molar-refractivity contribution >= 4 is 10.7 Å². The number of aryl methyl sites for hydroxylation is 1. The van der Waals surface area contributed by atoms with Gasteiger partial charge < -0.3 is 0 Å². The van der Waals surface area contributed by atoms with Crippen LogP contribution in [0.3, 0.4) is 0 Å². The highest BCUT2D eigenvalue weighted by molar-refractivity contribution is 7.73. The van der Waals surface area contributed by atoms with Crippen LogP contribution in [0.25, 0.3) is 0 Å². The van der Waals surface area contributed by atoms with Crippen LogP contribution in [0.4, 0.5) is 13.2 Å². The molecule has 0 aliphatic heterocycles. The average molecular weight is 301 g/mol. The minimum atomic E-state index is -5.05. The summed E-state index contributed by atoms with van der Waals surface area (Å²) in [4.78, 5) is 0. The average Bonchev–Trinajstić information content (AvgIpc) is 2.72. The number of nitrogens with zero attached hydrogens (tertiary/aromatic N) is 2. The van der Waals surface area contributed by atoms with Crippen molar-refractivity contribution in [3.8, 4) is 0 Å². The maximum absolute atomic E-state index is 10.6. The molecule has 0 aliphatic rings. The third kappa shape index (κ3) is 7.86. The molecule has 0 bridgehead atoms. The lowest BCUT2D eigenvalue weighted by Gasteiger charge is -2.05. The van der Waals surface area contributed by atoms with E-state index >= 15 is 0 Å². The first-order chi connectivity index (χ1) is 8.68. The Balaban J connectivity index is 0.000000399. The summed E-state index contributed by atoms with van der Waals surface area (Å²) in [6.07, 6.45) is 10.3. The van der Waals surface area contributed by atoms with Gasteiger partial charge >= 0.3 is 5.51 Å². The number of halogens is 3. The van der Waals surface area contributed by atoms with Gasteiger partial charge in [0.05, 0.1) is 13.1 Å². The fourth-order valence-electron chi connectivity index (χ4n) is 1.38.